The zero-order chi connectivity index (χ0) is 19.2. The highest BCUT2D eigenvalue weighted by Gasteiger charge is 2.36. The van der Waals surface area contributed by atoms with E-state index in [9.17, 15) is 13.2 Å². The minimum Gasteiger partial charge on any atom is -0.377 e. The van der Waals surface area contributed by atoms with E-state index in [4.69, 9.17) is 4.74 Å². The van der Waals surface area contributed by atoms with Crippen molar-refractivity contribution in [2.75, 3.05) is 19.0 Å². The molecule has 0 radical (unpaired) electrons. The van der Waals surface area contributed by atoms with E-state index in [1.165, 1.54) is 4.68 Å². The number of aromatic amines is 1. The average molecular weight is 412 g/mol. The number of hydrogen-bond acceptors (Lipinski definition) is 7. The number of aryl methyl sites for hydroxylation is 3. The molecule has 2 N–H and O–H groups in total. The first-order valence-corrected chi connectivity index (χ1v) is 11.3. The molecule has 27 heavy (non-hydrogen) atoms. The number of sulfonamides is 1. The van der Waals surface area contributed by atoms with Crippen molar-refractivity contribution in [3.05, 3.63) is 39.1 Å². The molecule has 2 aromatic rings. The SMILES string of the molecule is Cc1n[nH]c(C)c1S(=O)(=O)NC1COCC1n1nc2c(cc1=O)CSCC2. The largest absolute Gasteiger partial charge is 0.377 e. The number of aromatic nitrogens is 4. The number of H-pyrrole nitrogens is 1. The number of thioether (sulfide) groups is 1. The van der Waals surface area contributed by atoms with Gasteiger partial charge in [0.2, 0.25) is 10.0 Å². The van der Waals surface area contributed by atoms with Crippen LogP contribution in [0, 0.1) is 13.8 Å². The van der Waals surface area contributed by atoms with Crippen molar-refractivity contribution < 1.29 is 13.2 Å². The first-order chi connectivity index (χ1) is 12.9. The van der Waals surface area contributed by atoms with Crippen LogP contribution in [0.5, 0.6) is 0 Å². The molecule has 2 unspecified atom stereocenters. The van der Waals surface area contributed by atoms with Crippen LogP contribution in [0.25, 0.3) is 0 Å². The molecule has 0 amide bonds. The van der Waals surface area contributed by atoms with E-state index in [1.54, 1.807) is 31.7 Å². The fraction of sp³-hybridized carbons (Fsp3) is 0.562. The number of ether oxygens (including phenoxy) is 1. The van der Waals surface area contributed by atoms with Crippen LogP contribution >= 0.6 is 11.8 Å². The molecule has 9 nitrogen and oxygen atoms in total. The molecule has 11 heteroatoms. The first kappa shape index (κ1) is 18.7. The lowest BCUT2D eigenvalue weighted by Crippen LogP contribution is -2.44. The van der Waals surface area contributed by atoms with Crippen LogP contribution in [0.3, 0.4) is 0 Å². The average Bonchev–Trinajstić information content (AvgIpc) is 3.20. The Morgan fingerprint density at radius 3 is 2.93 bits per heavy atom. The molecular weight excluding hydrogens is 390 g/mol. The monoisotopic (exact) mass is 411 g/mol. The Kier molecular flexibility index (Phi) is 4.87. The molecule has 1 saturated heterocycles. The van der Waals surface area contributed by atoms with E-state index >= 15 is 0 Å². The van der Waals surface area contributed by atoms with E-state index < -0.39 is 22.1 Å². The summed E-state index contributed by atoms with van der Waals surface area (Å²) in [4.78, 5) is 12.7. The van der Waals surface area contributed by atoms with Gasteiger partial charge in [-0.1, -0.05) is 0 Å². The molecule has 2 aromatic heterocycles. The first-order valence-electron chi connectivity index (χ1n) is 8.68. The van der Waals surface area contributed by atoms with Gasteiger partial charge < -0.3 is 4.74 Å². The standard InChI is InChI=1S/C16H21N5O4S2/c1-9-16(10(2)18-17-9)27(23,24)20-13-6-25-7-14(13)21-15(22)5-11-8-26-4-3-12(11)19-21/h5,13-14,20H,3-4,6-8H2,1-2H3,(H,17,18). The Bertz CT molecular complexity index is 1010. The highest BCUT2D eigenvalue weighted by atomic mass is 32.2. The lowest BCUT2D eigenvalue weighted by molar-refractivity contribution is 0.181. The van der Waals surface area contributed by atoms with Gasteiger partial charge in [-0.05, 0) is 25.2 Å². The Morgan fingerprint density at radius 1 is 1.37 bits per heavy atom. The highest BCUT2D eigenvalue weighted by molar-refractivity contribution is 7.98. The third kappa shape index (κ3) is 3.44. The van der Waals surface area contributed by atoms with Gasteiger partial charge in [0.05, 0.1) is 42.4 Å². The number of hydrogen-bond donors (Lipinski definition) is 2. The zero-order valence-electron chi connectivity index (χ0n) is 15.1. The summed E-state index contributed by atoms with van der Waals surface area (Å²) in [7, 11) is -3.80. The number of nitrogens with zero attached hydrogens (tertiary/aromatic N) is 3. The van der Waals surface area contributed by atoms with Gasteiger partial charge in [0.25, 0.3) is 5.56 Å². The summed E-state index contributed by atoms with van der Waals surface area (Å²) in [6, 6.07) is 0.549. The van der Waals surface area contributed by atoms with Crippen LogP contribution in [-0.2, 0) is 26.9 Å². The molecule has 2 aliphatic heterocycles. The summed E-state index contributed by atoms with van der Waals surface area (Å²) in [5.41, 5.74) is 2.51. The van der Waals surface area contributed by atoms with Gasteiger partial charge in [0.15, 0.2) is 0 Å². The maximum Gasteiger partial charge on any atom is 0.267 e. The van der Waals surface area contributed by atoms with Crippen molar-refractivity contribution >= 4 is 21.8 Å². The molecule has 0 bridgehead atoms. The van der Waals surface area contributed by atoms with Gasteiger partial charge in [-0.3, -0.25) is 9.89 Å². The Balaban J connectivity index is 1.65. The molecule has 4 heterocycles. The van der Waals surface area contributed by atoms with Crippen LogP contribution in [0.15, 0.2) is 15.8 Å². The third-order valence-electron chi connectivity index (χ3n) is 4.86. The van der Waals surface area contributed by atoms with Crippen LogP contribution < -0.4 is 10.3 Å². The summed E-state index contributed by atoms with van der Waals surface area (Å²) >= 11 is 1.78. The molecule has 0 aromatic carbocycles. The van der Waals surface area contributed by atoms with Crippen molar-refractivity contribution in [3.8, 4) is 0 Å². The topological polar surface area (TPSA) is 119 Å². The van der Waals surface area contributed by atoms with Crippen molar-refractivity contribution in [2.24, 2.45) is 0 Å². The lowest BCUT2D eigenvalue weighted by Gasteiger charge is -2.22. The minimum atomic E-state index is -3.80. The van der Waals surface area contributed by atoms with E-state index in [0.29, 0.717) is 11.4 Å². The molecule has 0 saturated carbocycles. The quantitative estimate of drug-likeness (QED) is 0.742. The normalized spacial score (nSPS) is 22.7. The number of fused-ring (bicyclic) bond motifs is 1. The van der Waals surface area contributed by atoms with Crippen LogP contribution in [-0.4, -0.2) is 53.4 Å². The third-order valence-corrected chi connectivity index (χ3v) is 7.62. The van der Waals surface area contributed by atoms with Crippen LogP contribution in [0.4, 0.5) is 0 Å². The molecular formula is C16H21N5O4S2. The Hall–Kier alpha value is -1.69. The van der Waals surface area contributed by atoms with Crippen LogP contribution in [0.1, 0.15) is 28.7 Å². The number of nitrogens with one attached hydrogen (secondary N) is 2. The molecule has 0 aliphatic carbocycles. The molecule has 146 valence electrons. The maximum atomic E-state index is 12.8. The minimum absolute atomic E-state index is 0.135. The predicted molar refractivity (Wildman–Crippen MR) is 100 cm³/mol. The Labute approximate surface area is 160 Å². The number of rotatable bonds is 4. The summed E-state index contributed by atoms with van der Waals surface area (Å²) in [5.74, 6) is 1.75. The fourth-order valence-corrected chi connectivity index (χ4v) is 6.13. The molecule has 1 fully saturated rings. The van der Waals surface area contributed by atoms with Gasteiger partial charge in [0, 0.05) is 18.2 Å². The molecule has 0 spiro atoms. The van der Waals surface area contributed by atoms with E-state index in [0.717, 1.165) is 29.2 Å². The van der Waals surface area contributed by atoms with Gasteiger partial charge in [0.1, 0.15) is 4.90 Å². The maximum absolute atomic E-state index is 12.8. The second-order valence-corrected chi connectivity index (χ2v) is 9.55. The lowest BCUT2D eigenvalue weighted by atomic mass is 10.1. The van der Waals surface area contributed by atoms with E-state index in [-0.39, 0.29) is 23.7 Å². The van der Waals surface area contributed by atoms with Crippen molar-refractivity contribution in [2.45, 2.75) is 43.0 Å². The molecule has 2 atom stereocenters. The summed E-state index contributed by atoms with van der Waals surface area (Å²) in [6.45, 7) is 3.71. The van der Waals surface area contributed by atoms with Gasteiger partial charge in [-0.15, -0.1) is 0 Å². The van der Waals surface area contributed by atoms with Crippen LogP contribution in [0.2, 0.25) is 0 Å². The van der Waals surface area contributed by atoms with Gasteiger partial charge >= 0.3 is 0 Å². The highest BCUT2D eigenvalue weighted by Crippen LogP contribution is 2.25. The molecule has 2 aliphatic rings. The van der Waals surface area contributed by atoms with Crippen molar-refractivity contribution in [1.29, 1.82) is 0 Å². The zero-order valence-corrected chi connectivity index (χ0v) is 16.7. The summed E-state index contributed by atoms with van der Waals surface area (Å²) < 4.78 is 35.2. The fourth-order valence-electron chi connectivity index (χ4n) is 3.56. The smallest absolute Gasteiger partial charge is 0.267 e. The van der Waals surface area contributed by atoms with E-state index in [1.807, 2.05) is 0 Å². The van der Waals surface area contributed by atoms with Crippen molar-refractivity contribution in [1.82, 2.24) is 24.7 Å². The van der Waals surface area contributed by atoms with E-state index in [2.05, 4.69) is 20.0 Å². The Morgan fingerprint density at radius 2 is 2.19 bits per heavy atom. The van der Waals surface area contributed by atoms with Gasteiger partial charge in [-0.2, -0.15) is 22.0 Å². The predicted octanol–water partition coefficient (Wildman–Crippen LogP) is 0.291. The second kappa shape index (κ2) is 7.04. The summed E-state index contributed by atoms with van der Waals surface area (Å²) in [5, 5.41) is 11.2. The second-order valence-electron chi connectivity index (χ2n) is 6.80. The van der Waals surface area contributed by atoms with Crippen molar-refractivity contribution in [3.63, 3.8) is 0 Å². The molecule has 4 rings (SSSR count). The summed E-state index contributed by atoms with van der Waals surface area (Å²) in [6.07, 6.45) is 0.803. The van der Waals surface area contributed by atoms with Gasteiger partial charge in [-0.25, -0.2) is 17.8 Å².